The molecule has 2 nitrogen and oxygen atoms in total. The summed E-state index contributed by atoms with van der Waals surface area (Å²) in [5.74, 6) is 0. The highest BCUT2D eigenvalue weighted by Gasteiger charge is 2.48. The van der Waals surface area contributed by atoms with E-state index in [0.717, 1.165) is 32.6 Å². The van der Waals surface area contributed by atoms with E-state index in [1.807, 2.05) is 0 Å². The van der Waals surface area contributed by atoms with Gasteiger partial charge in [0.2, 0.25) is 0 Å². The Morgan fingerprint density at radius 1 is 1.53 bits per heavy atom. The number of fused-ring (bicyclic) bond motifs is 1. The Kier molecular flexibility index (Phi) is 3.62. The van der Waals surface area contributed by atoms with E-state index >= 15 is 0 Å². The maximum atomic E-state index is 13.4. The van der Waals surface area contributed by atoms with Gasteiger partial charge in [-0.3, -0.25) is 4.90 Å². The summed E-state index contributed by atoms with van der Waals surface area (Å²) in [6, 6.07) is 0. The number of alkyl halides is 1. The Labute approximate surface area is 91.8 Å². The molecule has 2 aliphatic rings. The Bertz CT molecular complexity index is 212. The van der Waals surface area contributed by atoms with E-state index in [9.17, 15) is 4.39 Å². The van der Waals surface area contributed by atoms with Crippen LogP contribution in [0.15, 0.2) is 0 Å². The normalized spacial score (nSPS) is 36.0. The number of hydrogen-bond donors (Lipinski definition) is 0. The van der Waals surface area contributed by atoms with Crippen LogP contribution in [-0.2, 0) is 4.74 Å². The van der Waals surface area contributed by atoms with E-state index in [4.69, 9.17) is 4.74 Å². The van der Waals surface area contributed by atoms with Gasteiger partial charge in [0, 0.05) is 25.1 Å². The van der Waals surface area contributed by atoms with Crippen LogP contribution >= 0.6 is 0 Å². The summed E-state index contributed by atoms with van der Waals surface area (Å²) >= 11 is 0. The van der Waals surface area contributed by atoms with Crippen LogP contribution in [-0.4, -0.2) is 42.9 Å². The second-order valence-corrected chi connectivity index (χ2v) is 4.98. The van der Waals surface area contributed by atoms with Crippen LogP contribution in [0, 0.1) is 0 Å². The molecule has 0 bridgehead atoms. The lowest BCUT2D eigenvalue weighted by Gasteiger charge is -2.31. The molecule has 0 aromatic rings. The van der Waals surface area contributed by atoms with Crippen molar-refractivity contribution in [2.24, 2.45) is 0 Å². The summed E-state index contributed by atoms with van der Waals surface area (Å²) in [4.78, 5) is 2.31. The number of hydrogen-bond acceptors (Lipinski definition) is 2. The minimum atomic E-state index is -0.625. The lowest BCUT2D eigenvalue weighted by Crippen LogP contribution is -2.42. The molecule has 2 saturated heterocycles. The molecule has 88 valence electrons. The Balaban J connectivity index is 1.82. The SMILES string of the molecule is CCCCOC[C@@]12CCCN1C[C@@H](F)C2. The highest BCUT2D eigenvalue weighted by atomic mass is 19.1. The third-order valence-electron chi connectivity index (χ3n) is 3.77. The van der Waals surface area contributed by atoms with E-state index in [1.54, 1.807) is 0 Å². The molecule has 2 fully saturated rings. The van der Waals surface area contributed by atoms with E-state index in [1.165, 1.54) is 12.8 Å². The summed E-state index contributed by atoms with van der Waals surface area (Å²) in [6.45, 7) is 5.45. The largest absolute Gasteiger partial charge is 0.380 e. The van der Waals surface area contributed by atoms with Gasteiger partial charge in [0.1, 0.15) is 6.17 Å². The van der Waals surface area contributed by atoms with Gasteiger partial charge in [-0.1, -0.05) is 13.3 Å². The van der Waals surface area contributed by atoms with Crippen molar-refractivity contribution >= 4 is 0 Å². The molecule has 2 aliphatic heterocycles. The first-order chi connectivity index (χ1) is 7.27. The van der Waals surface area contributed by atoms with E-state index < -0.39 is 6.17 Å². The number of unbranched alkanes of at least 4 members (excludes halogenated alkanes) is 1. The van der Waals surface area contributed by atoms with Gasteiger partial charge in [-0.2, -0.15) is 0 Å². The molecule has 0 N–H and O–H groups in total. The predicted molar refractivity (Wildman–Crippen MR) is 58.8 cm³/mol. The van der Waals surface area contributed by atoms with Gasteiger partial charge in [-0.05, 0) is 25.8 Å². The first-order valence-corrected chi connectivity index (χ1v) is 6.24. The Morgan fingerprint density at radius 2 is 2.40 bits per heavy atom. The average molecular weight is 215 g/mol. The van der Waals surface area contributed by atoms with Crippen molar-refractivity contribution in [1.82, 2.24) is 4.90 Å². The minimum Gasteiger partial charge on any atom is -0.380 e. The van der Waals surface area contributed by atoms with Gasteiger partial charge in [-0.25, -0.2) is 4.39 Å². The fourth-order valence-corrected chi connectivity index (χ4v) is 2.96. The van der Waals surface area contributed by atoms with Crippen LogP contribution in [0.1, 0.15) is 39.0 Å². The van der Waals surface area contributed by atoms with Gasteiger partial charge >= 0.3 is 0 Å². The van der Waals surface area contributed by atoms with Gasteiger partial charge in [0.05, 0.1) is 6.61 Å². The molecular formula is C12H22FNO. The molecule has 0 spiro atoms. The highest BCUT2D eigenvalue weighted by Crippen LogP contribution is 2.40. The highest BCUT2D eigenvalue weighted by molar-refractivity contribution is 5.03. The van der Waals surface area contributed by atoms with Crippen molar-refractivity contribution in [3.63, 3.8) is 0 Å². The van der Waals surface area contributed by atoms with Gasteiger partial charge < -0.3 is 4.74 Å². The minimum absolute atomic E-state index is 0.0627. The zero-order valence-electron chi connectivity index (χ0n) is 9.67. The summed E-state index contributed by atoms with van der Waals surface area (Å²) < 4.78 is 19.1. The quantitative estimate of drug-likeness (QED) is 0.653. The zero-order valence-corrected chi connectivity index (χ0v) is 9.67. The zero-order chi connectivity index (χ0) is 10.7. The van der Waals surface area contributed by atoms with Crippen molar-refractivity contribution in [3.8, 4) is 0 Å². The first kappa shape index (κ1) is 11.3. The fraction of sp³-hybridized carbons (Fsp3) is 1.00. The van der Waals surface area contributed by atoms with Crippen LogP contribution in [0.2, 0.25) is 0 Å². The first-order valence-electron chi connectivity index (χ1n) is 6.24. The maximum Gasteiger partial charge on any atom is 0.115 e. The van der Waals surface area contributed by atoms with Crippen LogP contribution in [0.25, 0.3) is 0 Å². The molecule has 0 amide bonds. The number of rotatable bonds is 5. The van der Waals surface area contributed by atoms with Crippen LogP contribution in [0.5, 0.6) is 0 Å². The maximum absolute atomic E-state index is 13.4. The molecule has 2 atom stereocenters. The van der Waals surface area contributed by atoms with Crippen molar-refractivity contribution in [2.45, 2.75) is 50.7 Å². The molecular weight excluding hydrogens is 193 g/mol. The van der Waals surface area contributed by atoms with E-state index in [-0.39, 0.29) is 5.54 Å². The van der Waals surface area contributed by atoms with Crippen LogP contribution in [0.3, 0.4) is 0 Å². The molecule has 3 heteroatoms. The van der Waals surface area contributed by atoms with Gasteiger partial charge in [0.25, 0.3) is 0 Å². The van der Waals surface area contributed by atoms with Gasteiger partial charge in [0.15, 0.2) is 0 Å². The third-order valence-corrected chi connectivity index (χ3v) is 3.77. The van der Waals surface area contributed by atoms with E-state index in [0.29, 0.717) is 13.0 Å². The Morgan fingerprint density at radius 3 is 3.20 bits per heavy atom. The standard InChI is InChI=1S/C12H22FNO/c1-2-3-7-15-10-12-5-4-6-14(12)9-11(13)8-12/h11H,2-10H2,1H3/t11-,12-/m0/s1. The van der Waals surface area contributed by atoms with Gasteiger partial charge in [-0.15, -0.1) is 0 Å². The summed E-state index contributed by atoms with van der Waals surface area (Å²) in [7, 11) is 0. The molecule has 0 aliphatic carbocycles. The van der Waals surface area contributed by atoms with Crippen molar-refractivity contribution in [2.75, 3.05) is 26.3 Å². The second kappa shape index (κ2) is 4.79. The Hall–Kier alpha value is -0.150. The summed E-state index contributed by atoms with van der Waals surface area (Å²) in [5.41, 5.74) is 0.0627. The lowest BCUT2D eigenvalue weighted by molar-refractivity contribution is 0.0339. The van der Waals surface area contributed by atoms with Crippen molar-refractivity contribution in [1.29, 1.82) is 0 Å². The van der Waals surface area contributed by atoms with Crippen molar-refractivity contribution in [3.05, 3.63) is 0 Å². The van der Waals surface area contributed by atoms with Crippen molar-refractivity contribution < 1.29 is 9.13 Å². The smallest absolute Gasteiger partial charge is 0.115 e. The molecule has 0 aromatic carbocycles. The monoisotopic (exact) mass is 215 g/mol. The second-order valence-electron chi connectivity index (χ2n) is 4.98. The average Bonchev–Trinajstić information content (AvgIpc) is 2.68. The molecule has 15 heavy (non-hydrogen) atoms. The molecule has 0 saturated carbocycles. The van der Waals surface area contributed by atoms with E-state index in [2.05, 4.69) is 11.8 Å². The lowest BCUT2D eigenvalue weighted by atomic mass is 9.95. The number of ether oxygens (including phenoxy) is 1. The molecule has 2 rings (SSSR count). The third kappa shape index (κ3) is 2.34. The fourth-order valence-electron chi connectivity index (χ4n) is 2.96. The topological polar surface area (TPSA) is 12.5 Å². The summed E-state index contributed by atoms with van der Waals surface area (Å²) in [5, 5.41) is 0. The number of nitrogens with zero attached hydrogens (tertiary/aromatic N) is 1. The molecule has 0 unspecified atom stereocenters. The molecule has 0 aromatic heterocycles. The molecule has 0 radical (unpaired) electrons. The van der Waals surface area contributed by atoms with Crippen LogP contribution < -0.4 is 0 Å². The van der Waals surface area contributed by atoms with Crippen LogP contribution in [0.4, 0.5) is 4.39 Å². The molecule has 2 heterocycles. The number of halogens is 1. The summed E-state index contributed by atoms with van der Waals surface area (Å²) in [6.07, 6.45) is 4.69. The predicted octanol–water partition coefficient (Wildman–Crippen LogP) is 2.38.